The number of benzene rings is 3. The first-order valence-corrected chi connectivity index (χ1v) is 13.3. The Morgan fingerprint density at radius 3 is 2.39 bits per heavy atom. The first-order chi connectivity index (χ1) is 17.7. The Balaban J connectivity index is 1.54. The van der Waals surface area contributed by atoms with E-state index in [9.17, 15) is 4.79 Å². The second-order valence-electron chi connectivity index (χ2n) is 7.78. The zero-order chi connectivity index (χ0) is 24.7. The van der Waals surface area contributed by atoms with Crippen molar-refractivity contribution in [2.45, 2.75) is 17.3 Å². The van der Waals surface area contributed by atoms with Crippen LogP contribution in [0.15, 0.2) is 108 Å². The molecule has 36 heavy (non-hydrogen) atoms. The maximum absolute atomic E-state index is 13.7. The van der Waals surface area contributed by atoms with Crippen LogP contribution in [0, 0.1) is 0 Å². The van der Waals surface area contributed by atoms with E-state index in [2.05, 4.69) is 15.5 Å². The highest BCUT2D eigenvalue weighted by molar-refractivity contribution is 8.00. The molecule has 5 rings (SSSR count). The van der Waals surface area contributed by atoms with Gasteiger partial charge in [-0.25, -0.2) is 0 Å². The summed E-state index contributed by atoms with van der Waals surface area (Å²) in [5.41, 5.74) is 2.44. The van der Waals surface area contributed by atoms with E-state index < -0.39 is 5.25 Å². The Labute approximate surface area is 218 Å². The quantitative estimate of drug-likeness (QED) is 0.218. The van der Waals surface area contributed by atoms with Crippen LogP contribution in [-0.4, -0.2) is 27.3 Å². The standard InChI is InChI=1S/C28H24N4O2S2/c1-2-34-23-17-10-9-16-22(23)29-27(33)25(20-12-5-3-6-13-20)36-28-31-30-26(24-18-11-19-35-24)32(28)21-14-7-4-8-15-21/h3-19,25H,2H2,1H3,(H,29,33)/t25-/m0/s1. The summed E-state index contributed by atoms with van der Waals surface area (Å²) in [6, 6.07) is 31.2. The van der Waals surface area contributed by atoms with Crippen LogP contribution >= 0.6 is 23.1 Å². The highest BCUT2D eigenvalue weighted by Crippen LogP contribution is 2.39. The van der Waals surface area contributed by atoms with Crippen molar-refractivity contribution in [2.24, 2.45) is 0 Å². The number of carbonyl (C=O) groups is 1. The molecule has 0 bridgehead atoms. The number of nitrogens with zero attached hydrogens (tertiary/aromatic N) is 3. The van der Waals surface area contributed by atoms with Gasteiger partial charge in [0.25, 0.3) is 0 Å². The number of thiophene rings is 1. The summed E-state index contributed by atoms with van der Waals surface area (Å²) >= 11 is 2.97. The number of ether oxygens (including phenoxy) is 1. The molecule has 0 aliphatic heterocycles. The SMILES string of the molecule is CCOc1ccccc1NC(=O)[C@@H](Sc1nnc(-c2cccs2)n1-c1ccccc1)c1ccccc1. The maximum atomic E-state index is 13.7. The van der Waals surface area contributed by atoms with Crippen LogP contribution in [0.25, 0.3) is 16.4 Å². The van der Waals surface area contributed by atoms with Crippen LogP contribution < -0.4 is 10.1 Å². The number of thioether (sulfide) groups is 1. The van der Waals surface area contributed by atoms with E-state index in [0.29, 0.717) is 23.2 Å². The third-order valence-corrected chi connectivity index (χ3v) is 7.46. The molecule has 2 aromatic heterocycles. The summed E-state index contributed by atoms with van der Waals surface area (Å²) in [4.78, 5) is 14.7. The highest BCUT2D eigenvalue weighted by atomic mass is 32.2. The van der Waals surface area contributed by atoms with Gasteiger partial charge in [-0.2, -0.15) is 0 Å². The summed E-state index contributed by atoms with van der Waals surface area (Å²) in [5, 5.41) is 14.2. The minimum Gasteiger partial charge on any atom is -0.492 e. The third kappa shape index (κ3) is 5.19. The normalized spacial score (nSPS) is 11.7. The number of aromatic nitrogens is 3. The van der Waals surface area contributed by atoms with E-state index in [0.717, 1.165) is 22.0 Å². The molecule has 0 saturated carbocycles. The molecule has 0 spiro atoms. The number of amides is 1. The molecule has 0 unspecified atom stereocenters. The number of nitrogens with one attached hydrogen (secondary N) is 1. The lowest BCUT2D eigenvalue weighted by molar-refractivity contribution is -0.115. The van der Waals surface area contributed by atoms with Crippen LogP contribution in [0.2, 0.25) is 0 Å². The van der Waals surface area contributed by atoms with Crippen LogP contribution in [0.3, 0.4) is 0 Å². The van der Waals surface area contributed by atoms with E-state index in [4.69, 9.17) is 4.74 Å². The molecule has 3 aromatic carbocycles. The zero-order valence-electron chi connectivity index (χ0n) is 19.6. The molecule has 0 fully saturated rings. The second kappa shape index (κ2) is 11.2. The lowest BCUT2D eigenvalue weighted by atomic mass is 10.1. The topological polar surface area (TPSA) is 69.0 Å². The summed E-state index contributed by atoms with van der Waals surface area (Å²) in [6.45, 7) is 2.43. The third-order valence-electron chi connectivity index (χ3n) is 5.40. The van der Waals surface area contributed by atoms with E-state index in [1.807, 2.05) is 114 Å². The van der Waals surface area contributed by atoms with E-state index in [1.54, 1.807) is 11.3 Å². The van der Waals surface area contributed by atoms with Crippen molar-refractivity contribution < 1.29 is 9.53 Å². The Morgan fingerprint density at radius 1 is 0.944 bits per heavy atom. The van der Waals surface area contributed by atoms with Gasteiger partial charge in [-0.15, -0.1) is 21.5 Å². The van der Waals surface area contributed by atoms with E-state index >= 15 is 0 Å². The minimum absolute atomic E-state index is 0.168. The molecule has 0 aliphatic carbocycles. The molecule has 8 heteroatoms. The molecule has 1 atom stereocenters. The van der Waals surface area contributed by atoms with Crippen LogP contribution in [0.4, 0.5) is 5.69 Å². The molecule has 180 valence electrons. The summed E-state index contributed by atoms with van der Waals surface area (Å²) in [6.07, 6.45) is 0. The summed E-state index contributed by atoms with van der Waals surface area (Å²) in [7, 11) is 0. The van der Waals surface area contributed by atoms with Crippen LogP contribution in [-0.2, 0) is 4.79 Å². The number of para-hydroxylation sites is 3. The van der Waals surface area contributed by atoms with Gasteiger partial charge < -0.3 is 10.1 Å². The number of hydrogen-bond acceptors (Lipinski definition) is 6. The Hall–Kier alpha value is -3.88. The monoisotopic (exact) mass is 512 g/mol. The average molecular weight is 513 g/mol. The van der Waals surface area contributed by atoms with Crippen molar-refractivity contribution in [2.75, 3.05) is 11.9 Å². The second-order valence-corrected chi connectivity index (χ2v) is 9.80. The van der Waals surface area contributed by atoms with Gasteiger partial charge in [0.15, 0.2) is 11.0 Å². The molecule has 1 amide bonds. The van der Waals surface area contributed by atoms with Gasteiger partial charge in [0.1, 0.15) is 11.0 Å². The number of hydrogen-bond donors (Lipinski definition) is 1. The fraction of sp³-hybridized carbons (Fsp3) is 0.107. The van der Waals surface area contributed by atoms with Crippen molar-refractivity contribution >= 4 is 34.7 Å². The minimum atomic E-state index is -0.566. The largest absolute Gasteiger partial charge is 0.492 e. The Morgan fingerprint density at radius 2 is 1.67 bits per heavy atom. The maximum Gasteiger partial charge on any atom is 0.242 e. The Kier molecular flexibility index (Phi) is 7.44. The molecule has 0 aliphatic rings. The van der Waals surface area contributed by atoms with Gasteiger partial charge in [-0.1, -0.05) is 78.5 Å². The lowest BCUT2D eigenvalue weighted by Gasteiger charge is -2.19. The molecular formula is C28H24N4O2S2. The number of rotatable bonds is 9. The van der Waals surface area contributed by atoms with E-state index in [-0.39, 0.29) is 5.91 Å². The fourth-order valence-electron chi connectivity index (χ4n) is 3.78. The predicted octanol–water partition coefficient (Wildman–Crippen LogP) is 6.87. The van der Waals surface area contributed by atoms with Crippen LogP contribution in [0.5, 0.6) is 5.75 Å². The summed E-state index contributed by atoms with van der Waals surface area (Å²) < 4.78 is 7.72. The molecule has 5 aromatic rings. The van der Waals surface area contributed by atoms with Crippen molar-refractivity contribution in [3.63, 3.8) is 0 Å². The molecule has 6 nitrogen and oxygen atoms in total. The van der Waals surface area contributed by atoms with Crippen molar-refractivity contribution in [1.29, 1.82) is 0 Å². The van der Waals surface area contributed by atoms with Crippen LogP contribution in [0.1, 0.15) is 17.7 Å². The molecular weight excluding hydrogens is 488 g/mol. The molecule has 1 N–H and O–H groups in total. The smallest absolute Gasteiger partial charge is 0.242 e. The van der Waals surface area contributed by atoms with Crippen molar-refractivity contribution in [1.82, 2.24) is 14.8 Å². The van der Waals surface area contributed by atoms with Gasteiger partial charge in [0, 0.05) is 5.69 Å². The number of carbonyl (C=O) groups excluding carboxylic acids is 1. The lowest BCUT2D eigenvalue weighted by Crippen LogP contribution is -2.20. The fourth-order valence-corrected chi connectivity index (χ4v) is 5.53. The molecule has 0 radical (unpaired) electrons. The number of anilines is 1. The summed E-state index contributed by atoms with van der Waals surface area (Å²) in [5.74, 6) is 1.21. The first kappa shape index (κ1) is 23.8. The molecule has 0 saturated heterocycles. The van der Waals surface area contributed by atoms with Gasteiger partial charge in [-0.05, 0) is 48.2 Å². The van der Waals surface area contributed by atoms with Gasteiger partial charge in [-0.3, -0.25) is 9.36 Å². The predicted molar refractivity (Wildman–Crippen MR) is 146 cm³/mol. The average Bonchev–Trinajstić information content (AvgIpc) is 3.60. The van der Waals surface area contributed by atoms with Gasteiger partial charge in [0.2, 0.25) is 5.91 Å². The van der Waals surface area contributed by atoms with Crippen molar-refractivity contribution in [3.05, 3.63) is 108 Å². The van der Waals surface area contributed by atoms with Gasteiger partial charge in [0.05, 0.1) is 17.2 Å². The Bertz CT molecular complexity index is 1420. The van der Waals surface area contributed by atoms with Crippen molar-refractivity contribution in [3.8, 4) is 22.1 Å². The van der Waals surface area contributed by atoms with E-state index in [1.165, 1.54) is 11.8 Å². The first-order valence-electron chi connectivity index (χ1n) is 11.5. The highest BCUT2D eigenvalue weighted by Gasteiger charge is 2.27. The van der Waals surface area contributed by atoms with Gasteiger partial charge >= 0.3 is 0 Å². The zero-order valence-corrected chi connectivity index (χ0v) is 21.2. The molecule has 2 heterocycles.